The number of aromatic nitrogens is 3. The van der Waals surface area contributed by atoms with Gasteiger partial charge >= 0.3 is 5.92 Å². The van der Waals surface area contributed by atoms with Crippen molar-refractivity contribution in [2.75, 3.05) is 16.0 Å². The molecule has 2 heterocycles. The van der Waals surface area contributed by atoms with Crippen molar-refractivity contribution in [3.63, 3.8) is 0 Å². The molecule has 2 amide bonds. The van der Waals surface area contributed by atoms with Crippen molar-refractivity contribution in [3.05, 3.63) is 90.4 Å². The van der Waals surface area contributed by atoms with E-state index >= 15 is 8.78 Å². The second kappa shape index (κ2) is 10.3. The molecule has 0 aliphatic rings. The number of hydrogen-bond donors (Lipinski definition) is 3. The Morgan fingerprint density at radius 3 is 2.47 bits per heavy atom. The number of hydrogen-bond acceptors (Lipinski definition) is 6. The Hall–Kier alpha value is -4.73. The normalized spacial score (nSPS) is 11.0. The van der Waals surface area contributed by atoms with Crippen LogP contribution in [0.5, 0.6) is 0 Å². The van der Waals surface area contributed by atoms with E-state index in [4.69, 9.17) is 0 Å². The van der Waals surface area contributed by atoms with Crippen molar-refractivity contribution in [3.8, 4) is 11.3 Å². The Labute approximate surface area is 205 Å². The van der Waals surface area contributed by atoms with Crippen LogP contribution in [0, 0.1) is 6.92 Å². The quantitative estimate of drug-likeness (QED) is 0.327. The summed E-state index contributed by atoms with van der Waals surface area (Å²) in [6, 6.07) is 15.4. The molecule has 36 heavy (non-hydrogen) atoms. The number of alkyl halides is 2. The Morgan fingerprint density at radius 1 is 0.917 bits per heavy atom. The number of pyridine rings is 1. The first-order valence-corrected chi connectivity index (χ1v) is 10.9. The molecule has 0 unspecified atom stereocenters. The van der Waals surface area contributed by atoms with Crippen LogP contribution < -0.4 is 16.0 Å². The van der Waals surface area contributed by atoms with Crippen LogP contribution in [0.25, 0.3) is 11.3 Å². The Morgan fingerprint density at radius 2 is 1.72 bits per heavy atom. The third kappa shape index (κ3) is 5.49. The van der Waals surface area contributed by atoms with Crippen molar-refractivity contribution in [2.24, 2.45) is 0 Å². The minimum Gasteiger partial charge on any atom is -0.326 e. The van der Waals surface area contributed by atoms with Gasteiger partial charge < -0.3 is 16.0 Å². The van der Waals surface area contributed by atoms with E-state index in [1.165, 1.54) is 37.3 Å². The van der Waals surface area contributed by atoms with Crippen LogP contribution in [0.1, 0.15) is 18.1 Å². The average molecular weight is 488 g/mol. The van der Waals surface area contributed by atoms with Crippen LogP contribution in [0.4, 0.5) is 31.8 Å². The zero-order valence-corrected chi connectivity index (χ0v) is 19.4. The van der Waals surface area contributed by atoms with Crippen LogP contribution in [0.3, 0.4) is 0 Å². The smallest absolute Gasteiger partial charge is 0.326 e. The number of para-hydroxylation sites is 1. The van der Waals surface area contributed by atoms with Crippen LogP contribution >= 0.6 is 0 Å². The van der Waals surface area contributed by atoms with Crippen LogP contribution in [0.15, 0.2) is 79.3 Å². The van der Waals surface area contributed by atoms with Gasteiger partial charge in [0, 0.05) is 42.5 Å². The van der Waals surface area contributed by atoms with Gasteiger partial charge in [-0.1, -0.05) is 24.3 Å². The zero-order chi connectivity index (χ0) is 25.7. The summed E-state index contributed by atoms with van der Waals surface area (Å²) >= 11 is 0. The van der Waals surface area contributed by atoms with Crippen molar-refractivity contribution in [1.82, 2.24) is 15.0 Å². The van der Waals surface area contributed by atoms with Crippen molar-refractivity contribution in [2.45, 2.75) is 19.8 Å². The van der Waals surface area contributed by atoms with E-state index in [9.17, 15) is 9.59 Å². The number of benzene rings is 2. The number of carbonyl (C=O) groups is 2. The standard InChI is InChI=1S/C26H22F2N6O2/c1-16-9-10-19(32-24(36)26(27,28)20-7-3-4-8-22(20)31-17(2)35)14-23(16)34-25-30-13-11-21(33-25)18-6-5-12-29-15-18/h3-15H,1-2H3,(H,31,35)(H,32,36)(H,30,33,34). The number of carbonyl (C=O) groups excluding carboxylic acids is 2. The monoisotopic (exact) mass is 488 g/mol. The molecule has 3 N–H and O–H groups in total. The predicted molar refractivity (Wildman–Crippen MR) is 133 cm³/mol. The van der Waals surface area contributed by atoms with Gasteiger partial charge in [-0.3, -0.25) is 14.6 Å². The lowest BCUT2D eigenvalue weighted by Gasteiger charge is -2.20. The van der Waals surface area contributed by atoms with Gasteiger partial charge in [-0.25, -0.2) is 9.97 Å². The lowest BCUT2D eigenvalue weighted by Crippen LogP contribution is -2.33. The second-order valence-corrected chi connectivity index (χ2v) is 7.92. The van der Waals surface area contributed by atoms with Gasteiger partial charge in [0.05, 0.1) is 16.9 Å². The van der Waals surface area contributed by atoms with Crippen LogP contribution in [-0.2, 0) is 15.5 Å². The molecule has 0 spiro atoms. The molecule has 0 aliphatic carbocycles. The van der Waals surface area contributed by atoms with E-state index in [2.05, 4.69) is 30.9 Å². The molecule has 0 aliphatic heterocycles. The first-order chi connectivity index (χ1) is 17.2. The third-order valence-electron chi connectivity index (χ3n) is 5.22. The molecule has 182 valence electrons. The molecular weight excluding hydrogens is 466 g/mol. The lowest BCUT2D eigenvalue weighted by atomic mass is 10.0. The highest BCUT2D eigenvalue weighted by Gasteiger charge is 2.43. The molecule has 0 saturated heterocycles. The minimum atomic E-state index is -3.90. The summed E-state index contributed by atoms with van der Waals surface area (Å²) in [5.41, 5.74) is 2.17. The predicted octanol–water partition coefficient (Wildman–Crippen LogP) is 5.28. The first kappa shape index (κ1) is 24.4. The van der Waals surface area contributed by atoms with E-state index in [0.29, 0.717) is 11.4 Å². The van der Waals surface area contributed by atoms with Crippen molar-refractivity contribution in [1.29, 1.82) is 0 Å². The number of halogens is 2. The molecule has 2 aromatic carbocycles. The fourth-order valence-electron chi connectivity index (χ4n) is 3.44. The summed E-state index contributed by atoms with van der Waals surface area (Å²) in [4.78, 5) is 36.8. The van der Waals surface area contributed by atoms with Gasteiger partial charge in [-0.2, -0.15) is 8.78 Å². The third-order valence-corrected chi connectivity index (χ3v) is 5.22. The van der Waals surface area contributed by atoms with Crippen LogP contribution in [-0.4, -0.2) is 26.8 Å². The number of rotatable bonds is 7. The number of anilines is 4. The summed E-state index contributed by atoms with van der Waals surface area (Å²) < 4.78 is 30.1. The van der Waals surface area contributed by atoms with Gasteiger partial charge in [0.25, 0.3) is 5.91 Å². The summed E-state index contributed by atoms with van der Waals surface area (Å²) in [5, 5.41) is 7.66. The molecular formula is C26H22F2N6O2. The van der Waals surface area contributed by atoms with Crippen molar-refractivity contribution >= 4 is 34.8 Å². The Balaban J connectivity index is 1.55. The highest BCUT2D eigenvalue weighted by Crippen LogP contribution is 2.35. The van der Waals surface area contributed by atoms with E-state index in [-0.39, 0.29) is 17.3 Å². The molecule has 2 aromatic heterocycles. The molecule has 0 bridgehead atoms. The molecule has 4 aromatic rings. The molecule has 10 heteroatoms. The van der Waals surface area contributed by atoms with E-state index in [1.807, 2.05) is 13.0 Å². The van der Waals surface area contributed by atoms with E-state index < -0.39 is 23.3 Å². The minimum absolute atomic E-state index is 0.137. The molecule has 0 fully saturated rings. The van der Waals surface area contributed by atoms with E-state index in [0.717, 1.165) is 17.2 Å². The first-order valence-electron chi connectivity index (χ1n) is 10.9. The Kier molecular flexibility index (Phi) is 6.95. The zero-order valence-electron chi connectivity index (χ0n) is 19.4. The maximum atomic E-state index is 15.1. The van der Waals surface area contributed by atoms with E-state index in [1.54, 1.807) is 36.8 Å². The Bertz CT molecular complexity index is 1410. The SMILES string of the molecule is CC(=O)Nc1ccccc1C(F)(F)C(=O)Nc1ccc(C)c(Nc2nccc(-c3cccnc3)n2)c1. The number of nitrogens with zero attached hydrogens (tertiary/aromatic N) is 3. The fraction of sp³-hybridized carbons (Fsp3) is 0.115. The molecule has 8 nitrogen and oxygen atoms in total. The number of aryl methyl sites for hydroxylation is 1. The fourth-order valence-corrected chi connectivity index (χ4v) is 3.44. The topological polar surface area (TPSA) is 109 Å². The largest absolute Gasteiger partial charge is 0.352 e. The highest BCUT2D eigenvalue weighted by atomic mass is 19.3. The maximum absolute atomic E-state index is 15.1. The summed E-state index contributed by atoms with van der Waals surface area (Å²) in [7, 11) is 0. The summed E-state index contributed by atoms with van der Waals surface area (Å²) in [5.74, 6) is -5.68. The molecule has 0 saturated carbocycles. The highest BCUT2D eigenvalue weighted by molar-refractivity contribution is 5.99. The van der Waals surface area contributed by atoms with Gasteiger partial charge in [0.2, 0.25) is 11.9 Å². The summed E-state index contributed by atoms with van der Waals surface area (Å²) in [6.45, 7) is 3.02. The molecule has 0 radical (unpaired) electrons. The molecule has 4 rings (SSSR count). The van der Waals surface area contributed by atoms with Gasteiger partial charge in [-0.15, -0.1) is 0 Å². The van der Waals surface area contributed by atoms with Gasteiger partial charge in [0.1, 0.15) is 0 Å². The molecule has 0 atom stereocenters. The van der Waals surface area contributed by atoms with Crippen LogP contribution in [0.2, 0.25) is 0 Å². The lowest BCUT2D eigenvalue weighted by molar-refractivity contribution is -0.140. The average Bonchev–Trinajstić information content (AvgIpc) is 2.86. The van der Waals surface area contributed by atoms with Crippen molar-refractivity contribution < 1.29 is 18.4 Å². The van der Waals surface area contributed by atoms with Gasteiger partial charge in [0.15, 0.2) is 0 Å². The van der Waals surface area contributed by atoms with Gasteiger partial charge in [-0.05, 0) is 48.9 Å². The number of amides is 2. The second-order valence-electron chi connectivity index (χ2n) is 7.92. The number of nitrogens with one attached hydrogen (secondary N) is 3. The maximum Gasteiger partial charge on any atom is 0.352 e. The summed E-state index contributed by atoms with van der Waals surface area (Å²) in [6.07, 6.45) is 4.93.